The van der Waals surface area contributed by atoms with E-state index in [2.05, 4.69) is 24.4 Å². The van der Waals surface area contributed by atoms with Gasteiger partial charge < -0.3 is 5.32 Å². The number of carbonyl (C=O) groups is 1. The molecule has 0 aliphatic heterocycles. The van der Waals surface area contributed by atoms with Gasteiger partial charge in [0.15, 0.2) is 0 Å². The first-order chi connectivity index (χ1) is 9.66. The topological polar surface area (TPSA) is 29.1 Å². The summed E-state index contributed by atoms with van der Waals surface area (Å²) in [7, 11) is 0. The van der Waals surface area contributed by atoms with Crippen molar-refractivity contribution in [1.29, 1.82) is 0 Å². The molecule has 0 spiro atoms. The van der Waals surface area contributed by atoms with Gasteiger partial charge in [-0.25, -0.2) is 0 Å². The van der Waals surface area contributed by atoms with Gasteiger partial charge in [-0.2, -0.15) is 0 Å². The molecule has 1 aromatic carbocycles. The van der Waals surface area contributed by atoms with Crippen molar-refractivity contribution >= 4 is 29.0 Å². The highest BCUT2D eigenvalue weighted by Crippen LogP contribution is 2.31. The number of hydrogen-bond acceptors (Lipinski definition) is 3. The number of nitrogens with one attached hydrogen (secondary N) is 1. The van der Waals surface area contributed by atoms with Crippen molar-refractivity contribution < 1.29 is 4.79 Å². The van der Waals surface area contributed by atoms with E-state index < -0.39 is 0 Å². The van der Waals surface area contributed by atoms with Crippen LogP contribution in [0.5, 0.6) is 0 Å². The van der Waals surface area contributed by atoms with Crippen LogP contribution in [0.25, 0.3) is 0 Å². The Morgan fingerprint density at radius 1 is 1.20 bits per heavy atom. The van der Waals surface area contributed by atoms with E-state index in [1.165, 1.54) is 10.4 Å². The van der Waals surface area contributed by atoms with Gasteiger partial charge in [0.1, 0.15) is 0 Å². The molecule has 0 aliphatic rings. The van der Waals surface area contributed by atoms with E-state index in [1.807, 2.05) is 42.6 Å². The predicted molar refractivity (Wildman–Crippen MR) is 88.1 cm³/mol. The second-order valence-corrected chi connectivity index (χ2v) is 7.35. The number of thioether (sulfide) groups is 1. The van der Waals surface area contributed by atoms with Gasteiger partial charge in [0, 0.05) is 10.1 Å². The molecule has 1 amide bonds. The summed E-state index contributed by atoms with van der Waals surface area (Å²) < 4.78 is 0. The highest BCUT2D eigenvalue weighted by Gasteiger charge is 2.17. The van der Waals surface area contributed by atoms with Crippen LogP contribution in [0.1, 0.15) is 29.5 Å². The summed E-state index contributed by atoms with van der Waals surface area (Å²) in [5.74, 6) is 0.103. The molecule has 0 bridgehead atoms. The number of benzene rings is 1. The number of amides is 1. The van der Waals surface area contributed by atoms with Crippen molar-refractivity contribution in [3.05, 3.63) is 58.3 Å². The fraction of sp³-hybridized carbons (Fsp3) is 0.312. The van der Waals surface area contributed by atoms with E-state index in [0.29, 0.717) is 11.8 Å². The van der Waals surface area contributed by atoms with Crippen LogP contribution in [-0.4, -0.2) is 11.2 Å². The fourth-order valence-corrected chi connectivity index (χ4v) is 3.68. The average Bonchev–Trinajstić information content (AvgIpc) is 2.98. The van der Waals surface area contributed by atoms with Crippen molar-refractivity contribution in [3.8, 4) is 0 Å². The highest BCUT2D eigenvalue weighted by atomic mass is 32.2. The Hall–Kier alpha value is -1.26. The first-order valence-corrected chi connectivity index (χ1v) is 8.49. The molecule has 2 rings (SSSR count). The van der Waals surface area contributed by atoms with Crippen molar-refractivity contribution in [2.24, 2.45) is 0 Å². The molecule has 20 heavy (non-hydrogen) atoms. The lowest BCUT2D eigenvalue weighted by atomic mass is 10.2. The maximum atomic E-state index is 12.1. The molecule has 1 N–H and O–H groups in total. The van der Waals surface area contributed by atoms with Gasteiger partial charge in [0.2, 0.25) is 5.91 Å². The minimum atomic E-state index is -0.0508. The van der Waals surface area contributed by atoms with Crippen molar-refractivity contribution in [3.63, 3.8) is 0 Å². The van der Waals surface area contributed by atoms with Gasteiger partial charge in [-0.15, -0.1) is 23.1 Å². The summed E-state index contributed by atoms with van der Waals surface area (Å²) in [4.78, 5) is 13.3. The summed E-state index contributed by atoms with van der Waals surface area (Å²) >= 11 is 3.36. The molecule has 2 unspecified atom stereocenters. The number of carbonyl (C=O) groups excluding carboxylic acids is 1. The van der Waals surface area contributed by atoms with Gasteiger partial charge in [-0.1, -0.05) is 36.4 Å². The van der Waals surface area contributed by atoms with E-state index in [-0.39, 0.29) is 11.2 Å². The minimum absolute atomic E-state index is 0.0508. The van der Waals surface area contributed by atoms with Crippen molar-refractivity contribution in [2.75, 3.05) is 0 Å². The number of thiophene rings is 1. The smallest absolute Gasteiger partial charge is 0.233 e. The van der Waals surface area contributed by atoms with Gasteiger partial charge in [-0.05, 0) is 30.9 Å². The van der Waals surface area contributed by atoms with Crippen LogP contribution in [0.4, 0.5) is 0 Å². The molecule has 106 valence electrons. The third-order valence-electron chi connectivity index (χ3n) is 3.06. The Morgan fingerprint density at radius 3 is 2.60 bits per heavy atom. The van der Waals surface area contributed by atoms with Crippen molar-refractivity contribution in [2.45, 2.75) is 30.9 Å². The second kappa shape index (κ2) is 7.50. The molecule has 1 heterocycles. The van der Waals surface area contributed by atoms with Crippen LogP contribution in [-0.2, 0) is 11.3 Å². The van der Waals surface area contributed by atoms with E-state index in [0.717, 1.165) is 0 Å². The Balaban J connectivity index is 1.81. The molecule has 4 heteroatoms. The summed E-state index contributed by atoms with van der Waals surface area (Å²) in [6, 6.07) is 14.3. The number of hydrogen-bond donors (Lipinski definition) is 1. The van der Waals surface area contributed by atoms with Crippen LogP contribution < -0.4 is 5.32 Å². The SMILES string of the molecule is CC(SC(C)c1ccccc1)C(=O)NCc1cccs1. The molecule has 0 fully saturated rings. The first-order valence-electron chi connectivity index (χ1n) is 6.67. The van der Waals surface area contributed by atoms with E-state index in [9.17, 15) is 4.79 Å². The fourth-order valence-electron chi connectivity index (χ4n) is 1.90. The number of rotatable bonds is 6. The van der Waals surface area contributed by atoms with Gasteiger partial charge in [0.25, 0.3) is 0 Å². The predicted octanol–water partition coefficient (Wildman–Crippen LogP) is 4.25. The van der Waals surface area contributed by atoms with E-state index >= 15 is 0 Å². The summed E-state index contributed by atoms with van der Waals surface area (Å²) in [5, 5.41) is 5.28. The molecule has 1 aromatic heterocycles. The standard InChI is InChI=1S/C16H19NOS2/c1-12(14-7-4-3-5-8-14)20-13(2)16(18)17-11-15-9-6-10-19-15/h3-10,12-13H,11H2,1-2H3,(H,17,18). The first kappa shape index (κ1) is 15.1. The molecular weight excluding hydrogens is 286 g/mol. The maximum absolute atomic E-state index is 12.1. The lowest BCUT2D eigenvalue weighted by molar-refractivity contribution is -0.120. The van der Waals surface area contributed by atoms with E-state index in [1.54, 1.807) is 23.1 Å². The second-order valence-electron chi connectivity index (χ2n) is 4.63. The minimum Gasteiger partial charge on any atom is -0.350 e. The largest absolute Gasteiger partial charge is 0.350 e. The third kappa shape index (κ3) is 4.39. The normalized spacial score (nSPS) is 13.7. The Bertz CT molecular complexity index is 525. The molecule has 0 saturated heterocycles. The zero-order chi connectivity index (χ0) is 14.4. The monoisotopic (exact) mass is 305 g/mol. The Labute approximate surface area is 128 Å². The summed E-state index contributed by atoms with van der Waals surface area (Å²) in [6.07, 6.45) is 0. The Kier molecular flexibility index (Phi) is 5.68. The van der Waals surface area contributed by atoms with Gasteiger partial charge in [-0.3, -0.25) is 4.79 Å². The molecule has 0 aliphatic carbocycles. The maximum Gasteiger partial charge on any atom is 0.233 e. The van der Waals surface area contributed by atoms with Crippen LogP contribution in [0.15, 0.2) is 47.8 Å². The summed E-state index contributed by atoms with van der Waals surface area (Å²) in [6.45, 7) is 4.73. The summed E-state index contributed by atoms with van der Waals surface area (Å²) in [5.41, 5.74) is 1.26. The zero-order valence-electron chi connectivity index (χ0n) is 11.7. The van der Waals surface area contributed by atoms with Crippen LogP contribution in [0, 0.1) is 0 Å². The lowest BCUT2D eigenvalue weighted by Crippen LogP contribution is -2.30. The highest BCUT2D eigenvalue weighted by molar-refractivity contribution is 8.00. The third-order valence-corrected chi connectivity index (χ3v) is 5.24. The van der Waals surface area contributed by atoms with Crippen molar-refractivity contribution in [1.82, 2.24) is 5.32 Å². The van der Waals surface area contributed by atoms with Gasteiger partial charge in [0.05, 0.1) is 11.8 Å². The zero-order valence-corrected chi connectivity index (χ0v) is 13.3. The van der Waals surface area contributed by atoms with E-state index in [4.69, 9.17) is 0 Å². The average molecular weight is 305 g/mol. The van der Waals surface area contributed by atoms with Gasteiger partial charge >= 0.3 is 0 Å². The van der Waals surface area contributed by atoms with Crippen LogP contribution >= 0.6 is 23.1 Å². The molecule has 0 saturated carbocycles. The van der Waals surface area contributed by atoms with Crippen LogP contribution in [0.2, 0.25) is 0 Å². The molecule has 0 radical (unpaired) electrons. The Morgan fingerprint density at radius 2 is 1.95 bits per heavy atom. The molecule has 2 nitrogen and oxygen atoms in total. The molecular formula is C16H19NOS2. The van der Waals surface area contributed by atoms with Crippen LogP contribution in [0.3, 0.4) is 0 Å². The molecule has 2 aromatic rings. The lowest BCUT2D eigenvalue weighted by Gasteiger charge is -2.17. The molecule has 2 atom stereocenters. The quantitative estimate of drug-likeness (QED) is 0.864.